The van der Waals surface area contributed by atoms with Crippen molar-refractivity contribution in [3.8, 4) is 5.69 Å². The molecule has 0 bridgehead atoms. The molecule has 160 valence electrons. The number of halogens is 1. The number of aryl methyl sites for hydroxylation is 1. The summed E-state index contributed by atoms with van der Waals surface area (Å²) < 4.78 is 3.44. The maximum atomic E-state index is 5.90. The third-order valence-corrected chi connectivity index (χ3v) is 7.58. The molecule has 0 amide bonds. The number of hydrogen-bond acceptors (Lipinski definition) is 2. The van der Waals surface area contributed by atoms with Gasteiger partial charge in [0.05, 0.1) is 17.8 Å². The van der Waals surface area contributed by atoms with Crippen LogP contribution >= 0.6 is 28.1 Å². The van der Waals surface area contributed by atoms with E-state index < -0.39 is 0 Å². The zero-order chi connectivity index (χ0) is 21.5. The lowest BCUT2D eigenvalue weighted by molar-refractivity contribution is 0.245. The second-order valence-corrected chi connectivity index (χ2v) is 9.91. The summed E-state index contributed by atoms with van der Waals surface area (Å²) in [6.07, 6.45) is 6.85. The molecule has 1 aliphatic heterocycles. The quantitative estimate of drug-likeness (QED) is 0.439. The predicted octanol–water partition coefficient (Wildman–Crippen LogP) is 6.17. The van der Waals surface area contributed by atoms with Crippen molar-refractivity contribution in [1.29, 1.82) is 0 Å². The van der Waals surface area contributed by atoms with Gasteiger partial charge in [-0.2, -0.15) is 0 Å². The summed E-state index contributed by atoms with van der Waals surface area (Å²) in [5.41, 5.74) is 6.05. The Hall–Kier alpha value is -2.18. The van der Waals surface area contributed by atoms with Gasteiger partial charge >= 0.3 is 0 Å². The Kier molecular flexibility index (Phi) is 5.61. The van der Waals surface area contributed by atoms with Crippen LogP contribution in [-0.4, -0.2) is 25.6 Å². The SMILES string of the molecule is Cc1cc([C@H]2[C@@H](c3ccccn3)NC(=S)N2C2CCCC2)c(C)n1-c1ccc(Br)cc1. The Morgan fingerprint density at radius 1 is 1.06 bits per heavy atom. The first-order chi connectivity index (χ1) is 15.0. The van der Waals surface area contributed by atoms with Crippen molar-refractivity contribution in [1.82, 2.24) is 19.8 Å². The molecule has 4 nitrogen and oxygen atoms in total. The molecular formula is C25H27BrN4S. The normalized spacial score (nSPS) is 21.6. The molecule has 0 unspecified atom stereocenters. The van der Waals surface area contributed by atoms with E-state index in [1.807, 2.05) is 12.3 Å². The first kappa shape index (κ1) is 20.7. The molecule has 2 aromatic heterocycles. The van der Waals surface area contributed by atoms with Crippen molar-refractivity contribution in [2.75, 3.05) is 0 Å². The van der Waals surface area contributed by atoms with E-state index in [9.17, 15) is 0 Å². The fraction of sp³-hybridized carbons (Fsp3) is 0.360. The second kappa shape index (κ2) is 8.40. The Morgan fingerprint density at radius 3 is 2.48 bits per heavy atom. The number of rotatable bonds is 4. The van der Waals surface area contributed by atoms with Gasteiger partial charge in [0.2, 0.25) is 0 Å². The summed E-state index contributed by atoms with van der Waals surface area (Å²) in [7, 11) is 0. The summed E-state index contributed by atoms with van der Waals surface area (Å²) >= 11 is 9.45. The van der Waals surface area contributed by atoms with Crippen molar-refractivity contribution < 1.29 is 0 Å². The average molecular weight is 495 g/mol. The Morgan fingerprint density at radius 2 is 1.81 bits per heavy atom. The fourth-order valence-corrected chi connectivity index (χ4v) is 6.00. The molecule has 1 aromatic carbocycles. The monoisotopic (exact) mass is 494 g/mol. The van der Waals surface area contributed by atoms with Crippen LogP contribution < -0.4 is 5.32 Å². The third kappa shape index (κ3) is 3.70. The summed E-state index contributed by atoms with van der Waals surface area (Å²) in [5.74, 6) is 0. The van der Waals surface area contributed by atoms with Gasteiger partial charge in [-0.25, -0.2) is 0 Å². The van der Waals surface area contributed by atoms with E-state index in [2.05, 4.69) is 87.0 Å². The average Bonchev–Trinajstić information content (AvgIpc) is 3.48. The summed E-state index contributed by atoms with van der Waals surface area (Å²) in [6.45, 7) is 4.42. The molecule has 0 spiro atoms. The fourth-order valence-electron chi connectivity index (χ4n) is 5.35. The highest BCUT2D eigenvalue weighted by atomic mass is 79.9. The van der Waals surface area contributed by atoms with Crippen LogP contribution in [0.5, 0.6) is 0 Å². The van der Waals surface area contributed by atoms with Crippen LogP contribution in [0.1, 0.15) is 60.4 Å². The summed E-state index contributed by atoms with van der Waals surface area (Å²) in [5, 5.41) is 4.49. The lowest BCUT2D eigenvalue weighted by Gasteiger charge is -2.33. The molecule has 2 aliphatic rings. The Balaban J connectivity index is 1.63. The second-order valence-electron chi connectivity index (χ2n) is 8.61. The smallest absolute Gasteiger partial charge is 0.170 e. The van der Waals surface area contributed by atoms with Gasteiger partial charge in [-0.05, 0) is 86.9 Å². The highest BCUT2D eigenvalue weighted by molar-refractivity contribution is 9.10. The first-order valence-electron chi connectivity index (χ1n) is 11.0. The van der Waals surface area contributed by atoms with Crippen LogP contribution in [0.2, 0.25) is 0 Å². The number of hydrogen-bond donors (Lipinski definition) is 1. The van der Waals surface area contributed by atoms with Gasteiger partial charge in [0.25, 0.3) is 0 Å². The molecule has 5 rings (SSSR count). The van der Waals surface area contributed by atoms with Crippen molar-refractivity contribution in [3.63, 3.8) is 0 Å². The van der Waals surface area contributed by atoms with Crippen LogP contribution in [0.15, 0.2) is 59.2 Å². The van der Waals surface area contributed by atoms with Gasteiger partial charge in [-0.15, -0.1) is 0 Å². The first-order valence-corrected chi connectivity index (χ1v) is 12.2. The molecule has 1 aliphatic carbocycles. The Labute approximate surface area is 197 Å². The number of nitrogens with zero attached hydrogens (tertiary/aromatic N) is 3. The molecule has 31 heavy (non-hydrogen) atoms. The Bertz CT molecular complexity index is 1090. The molecule has 6 heteroatoms. The lowest BCUT2D eigenvalue weighted by Crippen LogP contribution is -2.37. The molecule has 1 saturated heterocycles. The van der Waals surface area contributed by atoms with Gasteiger partial charge < -0.3 is 14.8 Å². The highest BCUT2D eigenvalue weighted by Crippen LogP contribution is 2.44. The molecule has 2 fully saturated rings. The van der Waals surface area contributed by atoms with E-state index >= 15 is 0 Å². The minimum atomic E-state index is 0.0492. The van der Waals surface area contributed by atoms with E-state index in [1.165, 1.54) is 48.3 Å². The van der Waals surface area contributed by atoms with Crippen molar-refractivity contribution in [2.24, 2.45) is 0 Å². The number of nitrogens with one attached hydrogen (secondary N) is 1. The molecule has 1 saturated carbocycles. The number of pyridine rings is 1. The zero-order valence-corrected chi connectivity index (χ0v) is 20.3. The summed E-state index contributed by atoms with van der Waals surface area (Å²) in [4.78, 5) is 7.18. The molecule has 1 N–H and O–H groups in total. The van der Waals surface area contributed by atoms with Gasteiger partial charge in [-0.1, -0.05) is 34.8 Å². The molecule has 3 aromatic rings. The van der Waals surface area contributed by atoms with Gasteiger partial charge in [0.15, 0.2) is 5.11 Å². The third-order valence-electron chi connectivity index (χ3n) is 6.73. The topological polar surface area (TPSA) is 33.1 Å². The van der Waals surface area contributed by atoms with E-state index in [4.69, 9.17) is 17.2 Å². The molecule has 0 radical (unpaired) electrons. The van der Waals surface area contributed by atoms with Crippen LogP contribution in [-0.2, 0) is 0 Å². The standard InChI is InChI=1S/C25H27BrN4S/c1-16-15-21(17(2)29(16)20-12-10-18(26)11-13-20)24-23(22-9-5-6-14-27-22)28-25(31)30(24)19-7-3-4-8-19/h5-6,9-15,19,23-24H,3-4,7-8H2,1-2H3,(H,28,31)/t23-,24+/m1/s1. The van der Waals surface area contributed by atoms with Crippen molar-refractivity contribution in [3.05, 3.63) is 81.8 Å². The van der Waals surface area contributed by atoms with Gasteiger partial charge in [0, 0.05) is 33.8 Å². The van der Waals surface area contributed by atoms with Crippen LogP contribution in [0, 0.1) is 13.8 Å². The number of benzene rings is 1. The van der Waals surface area contributed by atoms with Gasteiger partial charge in [0.1, 0.15) is 0 Å². The van der Waals surface area contributed by atoms with E-state index in [1.54, 1.807) is 0 Å². The molecular weight excluding hydrogens is 468 g/mol. The van der Waals surface area contributed by atoms with E-state index in [-0.39, 0.29) is 12.1 Å². The summed E-state index contributed by atoms with van der Waals surface area (Å²) in [6, 6.07) is 17.7. The minimum Gasteiger partial charge on any atom is -0.352 e. The van der Waals surface area contributed by atoms with Crippen molar-refractivity contribution in [2.45, 2.75) is 57.7 Å². The lowest BCUT2D eigenvalue weighted by atomic mass is 9.95. The van der Waals surface area contributed by atoms with Crippen LogP contribution in [0.25, 0.3) is 5.69 Å². The molecule has 3 heterocycles. The number of aromatic nitrogens is 2. The number of thiocarbonyl (C=S) groups is 1. The minimum absolute atomic E-state index is 0.0492. The maximum Gasteiger partial charge on any atom is 0.170 e. The van der Waals surface area contributed by atoms with Crippen LogP contribution in [0.3, 0.4) is 0 Å². The van der Waals surface area contributed by atoms with Crippen LogP contribution in [0.4, 0.5) is 0 Å². The van der Waals surface area contributed by atoms with E-state index in [0.29, 0.717) is 6.04 Å². The van der Waals surface area contributed by atoms with Crippen molar-refractivity contribution >= 4 is 33.3 Å². The molecule has 2 atom stereocenters. The van der Waals surface area contributed by atoms with E-state index in [0.717, 1.165) is 15.3 Å². The maximum absolute atomic E-state index is 5.90. The van der Waals surface area contributed by atoms with Gasteiger partial charge in [-0.3, -0.25) is 4.98 Å². The zero-order valence-electron chi connectivity index (χ0n) is 17.9. The highest BCUT2D eigenvalue weighted by Gasteiger charge is 2.44. The largest absolute Gasteiger partial charge is 0.352 e. The predicted molar refractivity (Wildman–Crippen MR) is 132 cm³/mol.